The van der Waals surface area contributed by atoms with Gasteiger partial charge in [0.05, 0.1) is 21.8 Å². The second kappa shape index (κ2) is 9.78. The summed E-state index contributed by atoms with van der Waals surface area (Å²) in [6, 6.07) is 13.3. The molecule has 0 heterocycles. The molecule has 0 radical (unpaired) electrons. The van der Waals surface area contributed by atoms with E-state index in [0.717, 1.165) is 17.7 Å². The number of para-hydroxylation sites is 1. The van der Waals surface area contributed by atoms with Crippen LogP contribution in [0.1, 0.15) is 21.5 Å². The van der Waals surface area contributed by atoms with E-state index in [1.807, 2.05) is 0 Å². The first-order valence-corrected chi connectivity index (χ1v) is 11.2. The lowest BCUT2D eigenvalue weighted by molar-refractivity contribution is -0.119. The predicted molar refractivity (Wildman–Crippen MR) is 118 cm³/mol. The minimum atomic E-state index is -4.01. The highest BCUT2D eigenvalue weighted by Crippen LogP contribution is 2.24. The Morgan fingerprint density at radius 2 is 1.67 bits per heavy atom. The molecule has 0 atom stereocenters. The highest BCUT2D eigenvalue weighted by molar-refractivity contribution is 7.92. The Hall–Kier alpha value is -3.79. The van der Waals surface area contributed by atoms with Crippen molar-refractivity contribution >= 4 is 33.3 Å². The number of ether oxygens (including phenoxy) is 1. The summed E-state index contributed by atoms with van der Waals surface area (Å²) in [6.07, 6.45) is 0. The van der Waals surface area contributed by atoms with E-state index in [1.165, 1.54) is 30.3 Å². The lowest BCUT2D eigenvalue weighted by Gasteiger charge is -2.14. The fourth-order valence-corrected chi connectivity index (χ4v) is 4.34. The number of halogens is 2. The summed E-state index contributed by atoms with van der Waals surface area (Å²) in [4.78, 5) is 24.6. The van der Waals surface area contributed by atoms with Crippen LogP contribution in [0.25, 0.3) is 0 Å². The van der Waals surface area contributed by atoms with Gasteiger partial charge in [-0.3, -0.25) is 9.52 Å². The Bertz CT molecular complexity index is 1330. The number of amides is 1. The average molecular weight is 474 g/mol. The van der Waals surface area contributed by atoms with Gasteiger partial charge in [0.1, 0.15) is 11.6 Å². The third kappa shape index (κ3) is 5.92. The number of nitrogens with one attached hydrogen (secondary N) is 2. The molecule has 0 bridgehead atoms. The summed E-state index contributed by atoms with van der Waals surface area (Å²) >= 11 is 0. The number of aryl methyl sites for hydroxylation is 2. The Morgan fingerprint density at radius 3 is 2.39 bits per heavy atom. The molecule has 10 heteroatoms. The molecule has 3 aromatic carbocycles. The summed E-state index contributed by atoms with van der Waals surface area (Å²) in [6.45, 7) is 2.64. The van der Waals surface area contributed by atoms with Gasteiger partial charge in [0.25, 0.3) is 15.9 Å². The molecule has 2 N–H and O–H groups in total. The summed E-state index contributed by atoms with van der Waals surface area (Å²) < 4.78 is 59.7. The molecule has 1 amide bonds. The zero-order valence-electron chi connectivity index (χ0n) is 17.7. The van der Waals surface area contributed by atoms with Gasteiger partial charge >= 0.3 is 5.97 Å². The van der Waals surface area contributed by atoms with Gasteiger partial charge in [-0.15, -0.1) is 0 Å². The van der Waals surface area contributed by atoms with Crippen molar-refractivity contribution in [2.45, 2.75) is 18.7 Å². The van der Waals surface area contributed by atoms with Crippen molar-refractivity contribution < 1.29 is 31.5 Å². The number of benzene rings is 3. The van der Waals surface area contributed by atoms with Crippen LogP contribution in [0, 0.1) is 25.5 Å². The zero-order valence-corrected chi connectivity index (χ0v) is 18.5. The zero-order chi connectivity index (χ0) is 24.2. The Kier molecular flexibility index (Phi) is 7.07. The van der Waals surface area contributed by atoms with Crippen molar-refractivity contribution in [2.75, 3.05) is 16.6 Å². The van der Waals surface area contributed by atoms with Crippen molar-refractivity contribution in [3.8, 4) is 0 Å². The van der Waals surface area contributed by atoms with E-state index >= 15 is 0 Å². The first-order valence-electron chi connectivity index (χ1n) is 9.68. The summed E-state index contributed by atoms with van der Waals surface area (Å²) in [5.41, 5.74) is 0.842. The van der Waals surface area contributed by atoms with Gasteiger partial charge in [-0.05, 0) is 55.3 Å². The first-order chi connectivity index (χ1) is 15.6. The molecule has 0 fully saturated rings. The third-order valence-corrected chi connectivity index (χ3v) is 6.07. The van der Waals surface area contributed by atoms with Gasteiger partial charge in [0.15, 0.2) is 6.61 Å². The molecule has 0 aliphatic rings. The molecule has 33 heavy (non-hydrogen) atoms. The van der Waals surface area contributed by atoms with Crippen LogP contribution in [0.5, 0.6) is 0 Å². The van der Waals surface area contributed by atoms with Gasteiger partial charge in [0, 0.05) is 6.07 Å². The van der Waals surface area contributed by atoms with Crippen molar-refractivity contribution in [3.63, 3.8) is 0 Å². The predicted octanol–water partition coefficient (Wildman–Crippen LogP) is 4.18. The first kappa shape index (κ1) is 23.9. The van der Waals surface area contributed by atoms with Crippen molar-refractivity contribution in [1.29, 1.82) is 0 Å². The van der Waals surface area contributed by atoms with Gasteiger partial charge < -0.3 is 10.1 Å². The van der Waals surface area contributed by atoms with Crippen LogP contribution in [-0.4, -0.2) is 26.9 Å². The highest BCUT2D eigenvalue weighted by atomic mass is 32.2. The molecule has 172 valence electrons. The van der Waals surface area contributed by atoms with Crippen LogP contribution in [0.2, 0.25) is 0 Å². The Labute approximate surface area is 189 Å². The maximum absolute atomic E-state index is 13.7. The second-order valence-corrected chi connectivity index (χ2v) is 8.82. The fraction of sp³-hybridized carbons (Fsp3) is 0.130. The number of esters is 1. The Morgan fingerprint density at radius 1 is 0.939 bits per heavy atom. The molecule has 7 nitrogen and oxygen atoms in total. The van der Waals surface area contributed by atoms with E-state index in [1.54, 1.807) is 26.0 Å². The maximum atomic E-state index is 13.7. The van der Waals surface area contributed by atoms with E-state index in [0.29, 0.717) is 11.6 Å². The molecule has 0 spiro atoms. The summed E-state index contributed by atoms with van der Waals surface area (Å²) in [5.74, 6) is -3.62. The van der Waals surface area contributed by atoms with E-state index in [2.05, 4.69) is 10.0 Å². The van der Waals surface area contributed by atoms with E-state index < -0.39 is 40.1 Å². The van der Waals surface area contributed by atoms with Crippen LogP contribution in [0.3, 0.4) is 0 Å². The highest BCUT2D eigenvalue weighted by Gasteiger charge is 2.21. The van der Waals surface area contributed by atoms with E-state index in [4.69, 9.17) is 4.74 Å². The van der Waals surface area contributed by atoms with Gasteiger partial charge in [-0.25, -0.2) is 22.0 Å². The molecule has 0 aliphatic heterocycles. The number of carbonyl (C=O) groups excluding carboxylic acids is 2. The topological polar surface area (TPSA) is 102 Å². The van der Waals surface area contributed by atoms with Crippen LogP contribution >= 0.6 is 0 Å². The van der Waals surface area contributed by atoms with Crippen LogP contribution in [-0.2, 0) is 19.6 Å². The largest absolute Gasteiger partial charge is 0.452 e. The number of carbonyl (C=O) groups is 2. The molecule has 3 rings (SSSR count). The number of sulfonamides is 1. The summed E-state index contributed by atoms with van der Waals surface area (Å²) in [5, 5.41) is 2.16. The normalized spacial score (nSPS) is 11.0. The number of hydrogen-bond acceptors (Lipinski definition) is 5. The molecule has 3 aromatic rings. The van der Waals surface area contributed by atoms with Gasteiger partial charge in [-0.1, -0.05) is 24.3 Å². The SMILES string of the molecule is Cc1ccc(C)c(S(=O)(=O)Nc2ccccc2C(=O)OCC(=O)Nc2ccc(F)cc2F)c1. The monoisotopic (exact) mass is 474 g/mol. The van der Waals surface area contributed by atoms with Gasteiger partial charge in [0.2, 0.25) is 0 Å². The standard InChI is InChI=1S/C23H20F2N2O5S/c1-14-7-8-15(2)21(11-14)33(30,31)27-19-6-4-3-5-17(19)23(29)32-13-22(28)26-20-10-9-16(24)12-18(20)25/h3-12,27H,13H2,1-2H3,(H,26,28). The maximum Gasteiger partial charge on any atom is 0.340 e. The lowest BCUT2D eigenvalue weighted by atomic mass is 10.2. The molecular formula is C23H20F2N2O5S. The molecule has 0 saturated carbocycles. The fourth-order valence-electron chi connectivity index (χ4n) is 2.93. The lowest BCUT2D eigenvalue weighted by Crippen LogP contribution is -2.22. The molecule has 0 unspecified atom stereocenters. The smallest absolute Gasteiger partial charge is 0.340 e. The van der Waals surface area contributed by atoms with Gasteiger partial charge in [-0.2, -0.15) is 0 Å². The van der Waals surface area contributed by atoms with Crippen molar-refractivity contribution in [2.24, 2.45) is 0 Å². The number of rotatable bonds is 7. The third-order valence-electron chi connectivity index (χ3n) is 4.56. The van der Waals surface area contributed by atoms with E-state index in [-0.39, 0.29) is 21.8 Å². The van der Waals surface area contributed by atoms with E-state index in [9.17, 15) is 26.8 Å². The molecule has 0 aliphatic carbocycles. The minimum absolute atomic E-state index is 0.0339. The second-order valence-electron chi connectivity index (χ2n) is 7.17. The van der Waals surface area contributed by atoms with Crippen molar-refractivity contribution in [3.05, 3.63) is 89.0 Å². The Balaban J connectivity index is 1.72. The minimum Gasteiger partial charge on any atom is -0.452 e. The number of hydrogen-bond donors (Lipinski definition) is 2. The summed E-state index contributed by atoms with van der Waals surface area (Å²) in [7, 11) is -4.01. The molecule has 0 aromatic heterocycles. The number of anilines is 2. The molecule has 0 saturated heterocycles. The van der Waals surface area contributed by atoms with Crippen LogP contribution in [0.4, 0.5) is 20.2 Å². The van der Waals surface area contributed by atoms with Crippen LogP contribution < -0.4 is 10.0 Å². The quantitative estimate of drug-likeness (QED) is 0.501. The average Bonchev–Trinajstić information content (AvgIpc) is 2.75. The van der Waals surface area contributed by atoms with Crippen LogP contribution in [0.15, 0.2) is 65.6 Å². The van der Waals surface area contributed by atoms with Crippen molar-refractivity contribution in [1.82, 2.24) is 0 Å². The molecular weight excluding hydrogens is 454 g/mol.